The van der Waals surface area contributed by atoms with Gasteiger partial charge in [0.1, 0.15) is 23.7 Å². The third kappa shape index (κ3) is 8.00. The second kappa shape index (κ2) is 15.6. The highest BCUT2D eigenvalue weighted by atomic mass is 16.4. The summed E-state index contributed by atoms with van der Waals surface area (Å²) in [6.07, 6.45) is -2.45. The Morgan fingerprint density at radius 2 is 0.981 bits per heavy atom. The summed E-state index contributed by atoms with van der Waals surface area (Å²) in [6, 6.07) is 25.3. The van der Waals surface area contributed by atoms with Crippen molar-refractivity contribution in [2.75, 3.05) is 14.1 Å². The Morgan fingerprint density at radius 3 is 1.33 bits per heavy atom. The van der Waals surface area contributed by atoms with Crippen molar-refractivity contribution in [1.82, 2.24) is 40.4 Å². The first-order chi connectivity index (χ1) is 25.9. The minimum absolute atomic E-state index is 0.480. The maximum Gasteiger partial charge on any atom is 0.407 e. The average molecular weight is 727 g/mol. The van der Waals surface area contributed by atoms with Crippen molar-refractivity contribution in [3.05, 3.63) is 131 Å². The Balaban J connectivity index is 1.14. The molecule has 2 aromatic heterocycles. The first-order valence-corrected chi connectivity index (χ1v) is 17.0. The molecule has 2 heterocycles. The van der Waals surface area contributed by atoms with Crippen molar-refractivity contribution >= 4 is 46.1 Å². The van der Waals surface area contributed by atoms with E-state index in [1.807, 2.05) is 36.4 Å². The zero-order valence-corrected chi connectivity index (χ0v) is 29.9. The molecule has 14 nitrogen and oxygen atoms in total. The molecule has 4 amide bonds. The summed E-state index contributed by atoms with van der Waals surface area (Å²) in [5.41, 5.74) is 5.33. The predicted octanol–water partition coefficient (Wildman–Crippen LogP) is 5.90. The predicted molar refractivity (Wildman–Crippen MR) is 201 cm³/mol. The fourth-order valence-electron chi connectivity index (χ4n) is 6.08. The lowest BCUT2D eigenvalue weighted by atomic mass is 10.0. The van der Waals surface area contributed by atoms with Gasteiger partial charge in [0, 0.05) is 25.2 Å². The van der Waals surface area contributed by atoms with Crippen LogP contribution < -0.4 is 10.6 Å². The van der Waals surface area contributed by atoms with Crippen LogP contribution >= 0.6 is 0 Å². The van der Waals surface area contributed by atoms with E-state index in [-0.39, 0.29) is 0 Å². The molecule has 14 heteroatoms. The average Bonchev–Trinajstić information content (AvgIpc) is 3.79. The Hall–Kier alpha value is -7.14. The molecule has 0 fully saturated rings. The summed E-state index contributed by atoms with van der Waals surface area (Å²) >= 11 is 0. The van der Waals surface area contributed by atoms with Crippen molar-refractivity contribution in [3.63, 3.8) is 0 Å². The van der Waals surface area contributed by atoms with Gasteiger partial charge in [-0.05, 0) is 61.4 Å². The number of aromatic nitrogens is 4. The maximum atomic E-state index is 13.3. The SMILES string of the molecule is C[C@H](NC(=O)[C@@H](c1ccccc1)N(C)C(=O)O)c1nc2ccc(C#Cc3ccc4nc([C@H](C)NC(=O)[C@@H](c5ccccc5)N(C)C(=O)O)[nH]c4c3)cc2[nH]1. The second-order valence-electron chi connectivity index (χ2n) is 12.8. The number of imidazole rings is 2. The van der Waals surface area contributed by atoms with E-state index in [1.54, 1.807) is 74.5 Å². The molecule has 0 saturated carbocycles. The molecule has 0 aliphatic rings. The van der Waals surface area contributed by atoms with Gasteiger partial charge in [-0.1, -0.05) is 72.5 Å². The zero-order chi connectivity index (χ0) is 38.5. The standard InChI is InChI=1S/C40H38N8O6/c1-23(41-37(49)33(47(3)39(51)52)27-11-7-5-8-12-27)35-43-29-19-17-25(21-31(29)45-35)15-16-26-18-20-30-32(22-26)46-36(44-30)24(2)42-38(50)34(48(4)40(53)54)28-13-9-6-10-14-28/h5-14,17-24,33-34H,1-4H3,(H,41,49)(H,42,50)(H,43,45)(H,44,46)(H,51,52)(H,53,54)/t23-,24-,33+,34+/m0/s1. The number of carbonyl (C=O) groups is 4. The highest BCUT2D eigenvalue weighted by Gasteiger charge is 2.31. The molecule has 4 aromatic carbocycles. The molecule has 6 N–H and O–H groups in total. The lowest BCUT2D eigenvalue weighted by molar-refractivity contribution is -0.127. The molecule has 4 atom stereocenters. The molecule has 6 aromatic rings. The Bertz CT molecular complexity index is 2230. The quantitative estimate of drug-likeness (QED) is 0.0939. The van der Waals surface area contributed by atoms with E-state index in [4.69, 9.17) is 0 Å². The van der Waals surface area contributed by atoms with Gasteiger partial charge in [-0.25, -0.2) is 19.6 Å². The van der Waals surface area contributed by atoms with Crippen LogP contribution in [0, 0.1) is 11.8 Å². The lowest BCUT2D eigenvalue weighted by Crippen LogP contribution is -2.42. The maximum absolute atomic E-state index is 13.3. The van der Waals surface area contributed by atoms with Gasteiger partial charge in [-0.15, -0.1) is 0 Å². The van der Waals surface area contributed by atoms with E-state index in [9.17, 15) is 29.4 Å². The number of amides is 4. The summed E-state index contributed by atoms with van der Waals surface area (Å²) in [7, 11) is 2.71. The Kier molecular flexibility index (Phi) is 10.6. The topological polar surface area (TPSA) is 197 Å². The second-order valence-corrected chi connectivity index (χ2v) is 12.8. The van der Waals surface area contributed by atoms with E-state index < -0.39 is 48.2 Å². The molecule has 0 saturated heterocycles. The summed E-state index contributed by atoms with van der Waals surface area (Å²) < 4.78 is 0. The van der Waals surface area contributed by atoms with Crippen LogP contribution in [-0.2, 0) is 9.59 Å². The summed E-state index contributed by atoms with van der Waals surface area (Å²) in [5.74, 6) is 6.40. The van der Waals surface area contributed by atoms with E-state index >= 15 is 0 Å². The summed E-state index contributed by atoms with van der Waals surface area (Å²) in [6.45, 7) is 3.54. The van der Waals surface area contributed by atoms with Crippen LogP contribution in [0.15, 0.2) is 97.1 Å². The number of aromatic amines is 2. The number of benzene rings is 4. The number of rotatable bonds is 10. The molecule has 0 spiro atoms. The smallest absolute Gasteiger partial charge is 0.407 e. The molecule has 0 aliphatic heterocycles. The summed E-state index contributed by atoms with van der Waals surface area (Å²) in [4.78, 5) is 67.9. The number of carbonyl (C=O) groups excluding carboxylic acids is 2. The minimum Gasteiger partial charge on any atom is -0.465 e. The van der Waals surface area contributed by atoms with Gasteiger partial charge in [0.25, 0.3) is 0 Å². The molecule has 54 heavy (non-hydrogen) atoms. The minimum atomic E-state index is -1.23. The molecule has 0 radical (unpaired) electrons. The lowest BCUT2D eigenvalue weighted by Gasteiger charge is -2.26. The van der Waals surface area contributed by atoms with Gasteiger partial charge in [-0.3, -0.25) is 19.4 Å². The first-order valence-electron chi connectivity index (χ1n) is 17.0. The Morgan fingerprint density at radius 1 is 0.611 bits per heavy atom. The first kappa shape index (κ1) is 36.6. The van der Waals surface area contributed by atoms with Crippen LogP contribution in [0.5, 0.6) is 0 Å². The zero-order valence-electron chi connectivity index (χ0n) is 29.9. The van der Waals surface area contributed by atoms with Gasteiger partial charge < -0.3 is 30.8 Å². The van der Waals surface area contributed by atoms with Crippen LogP contribution in [0.2, 0.25) is 0 Å². The molecular weight excluding hydrogens is 688 g/mol. The molecule has 274 valence electrons. The van der Waals surface area contributed by atoms with E-state index in [0.717, 1.165) is 20.9 Å². The molecule has 0 bridgehead atoms. The number of nitrogens with zero attached hydrogens (tertiary/aromatic N) is 4. The molecule has 0 unspecified atom stereocenters. The van der Waals surface area contributed by atoms with Crippen LogP contribution in [0.4, 0.5) is 9.59 Å². The van der Waals surface area contributed by atoms with Crippen LogP contribution in [0.3, 0.4) is 0 Å². The number of hydrogen-bond acceptors (Lipinski definition) is 6. The van der Waals surface area contributed by atoms with Gasteiger partial charge in [0.05, 0.1) is 34.2 Å². The van der Waals surface area contributed by atoms with Crippen molar-refractivity contribution in [2.45, 2.75) is 38.0 Å². The number of carboxylic acid groups (broad SMARTS) is 2. The van der Waals surface area contributed by atoms with Crippen molar-refractivity contribution in [2.24, 2.45) is 0 Å². The van der Waals surface area contributed by atoms with Gasteiger partial charge in [0.15, 0.2) is 0 Å². The van der Waals surface area contributed by atoms with Crippen LogP contribution in [0.1, 0.15) is 71.9 Å². The highest BCUT2D eigenvalue weighted by Crippen LogP contribution is 2.25. The van der Waals surface area contributed by atoms with Crippen molar-refractivity contribution in [3.8, 4) is 11.8 Å². The monoisotopic (exact) mass is 726 g/mol. The number of nitrogens with one attached hydrogen (secondary N) is 4. The largest absolute Gasteiger partial charge is 0.465 e. The van der Waals surface area contributed by atoms with Crippen LogP contribution in [-0.4, -0.2) is 78.0 Å². The van der Waals surface area contributed by atoms with Crippen molar-refractivity contribution in [1.29, 1.82) is 0 Å². The number of H-pyrrole nitrogens is 2. The number of fused-ring (bicyclic) bond motifs is 2. The highest BCUT2D eigenvalue weighted by molar-refractivity contribution is 5.88. The number of likely N-dealkylation sites (N-methyl/N-ethyl adjacent to an activating group) is 2. The van der Waals surface area contributed by atoms with E-state index in [1.165, 1.54) is 14.1 Å². The van der Waals surface area contributed by atoms with Gasteiger partial charge in [0.2, 0.25) is 11.8 Å². The van der Waals surface area contributed by atoms with E-state index in [0.29, 0.717) is 44.8 Å². The molecular formula is C40H38N8O6. The van der Waals surface area contributed by atoms with Gasteiger partial charge >= 0.3 is 12.2 Å². The molecule has 6 rings (SSSR count). The van der Waals surface area contributed by atoms with Crippen molar-refractivity contribution < 1.29 is 29.4 Å². The van der Waals surface area contributed by atoms with Crippen LogP contribution in [0.25, 0.3) is 22.1 Å². The molecule has 0 aliphatic carbocycles. The Labute approximate surface area is 310 Å². The third-order valence-electron chi connectivity index (χ3n) is 8.99. The fraction of sp³-hybridized carbons (Fsp3) is 0.200. The van der Waals surface area contributed by atoms with Gasteiger partial charge in [-0.2, -0.15) is 0 Å². The van der Waals surface area contributed by atoms with E-state index in [2.05, 4.69) is 42.4 Å². The number of hydrogen-bond donors (Lipinski definition) is 6. The normalized spacial score (nSPS) is 13.2. The fourth-order valence-corrected chi connectivity index (χ4v) is 6.08. The third-order valence-corrected chi connectivity index (χ3v) is 8.99. The summed E-state index contributed by atoms with van der Waals surface area (Å²) in [5, 5.41) is 25.0.